The van der Waals surface area contributed by atoms with Crippen LogP contribution < -0.4 is 0 Å². The number of aryl methyl sites for hydroxylation is 1. The Kier molecular flexibility index (Phi) is 2.31. The first-order valence-corrected chi connectivity index (χ1v) is 5.18. The van der Waals surface area contributed by atoms with Gasteiger partial charge in [0.2, 0.25) is 0 Å². The third kappa shape index (κ3) is 1.37. The van der Waals surface area contributed by atoms with Crippen LogP contribution in [0.4, 0.5) is 0 Å². The molecule has 0 atom stereocenters. The highest BCUT2D eigenvalue weighted by atomic mass is 16.3. The molecule has 0 fully saturated rings. The first-order valence-electron chi connectivity index (χ1n) is 5.18. The van der Waals surface area contributed by atoms with Crippen molar-refractivity contribution in [3.63, 3.8) is 0 Å². The molecule has 0 aliphatic heterocycles. The summed E-state index contributed by atoms with van der Waals surface area (Å²) < 4.78 is 0. The topological polar surface area (TPSA) is 74.6 Å². The van der Waals surface area contributed by atoms with Crippen molar-refractivity contribution in [1.29, 1.82) is 0 Å². The number of hydrogen-bond acceptors (Lipinski definition) is 4. The van der Waals surface area contributed by atoms with Crippen molar-refractivity contribution in [2.45, 2.75) is 20.8 Å². The molecule has 0 bridgehead atoms. The third-order valence-corrected chi connectivity index (χ3v) is 3.17. The molecule has 88 valence electrons. The monoisotopic (exact) mass is 232 g/mol. The Labute approximate surface area is 98.2 Å². The fourth-order valence-corrected chi connectivity index (χ4v) is 1.96. The Morgan fingerprint density at radius 1 is 0.882 bits per heavy atom. The van der Waals surface area contributed by atoms with Crippen molar-refractivity contribution >= 4 is 11.6 Å². The number of hydrogen-bond donors (Lipinski definition) is 2. The number of phenols is 2. The van der Waals surface area contributed by atoms with Crippen LogP contribution in [0, 0.1) is 6.92 Å². The lowest BCUT2D eigenvalue weighted by molar-refractivity contribution is 0.0970. The summed E-state index contributed by atoms with van der Waals surface area (Å²) in [6, 6.07) is 1.28. The summed E-state index contributed by atoms with van der Waals surface area (Å²) in [4.78, 5) is 24.0. The quantitative estimate of drug-likeness (QED) is 0.672. The Hall–Kier alpha value is -2.10. The average molecular weight is 232 g/mol. The van der Waals surface area contributed by atoms with E-state index < -0.39 is 11.6 Å². The minimum atomic E-state index is -0.412. The maximum atomic E-state index is 12.0. The minimum absolute atomic E-state index is 0.0874. The number of allylic oxidation sites excluding steroid dienone is 2. The molecule has 0 spiro atoms. The molecule has 1 aliphatic carbocycles. The van der Waals surface area contributed by atoms with E-state index in [4.69, 9.17) is 0 Å². The molecule has 0 amide bonds. The number of benzene rings is 1. The number of aromatic hydroxyl groups is 2. The molecule has 4 nitrogen and oxygen atoms in total. The van der Waals surface area contributed by atoms with Crippen LogP contribution in [0.3, 0.4) is 0 Å². The van der Waals surface area contributed by atoms with Gasteiger partial charge in [0, 0.05) is 11.1 Å². The Bertz CT molecular complexity index is 594. The number of carbonyl (C=O) groups excluding carboxylic acids is 2. The van der Waals surface area contributed by atoms with Crippen LogP contribution in [0.5, 0.6) is 11.5 Å². The van der Waals surface area contributed by atoms with Crippen LogP contribution in [0.25, 0.3) is 0 Å². The number of Topliss-reactive ketones (excluding diaryl/α,β-unsaturated/α-hetero) is 2. The molecular weight excluding hydrogens is 220 g/mol. The van der Waals surface area contributed by atoms with E-state index in [0.717, 1.165) is 0 Å². The second-order valence-corrected chi connectivity index (χ2v) is 4.22. The lowest BCUT2D eigenvalue weighted by Gasteiger charge is -2.19. The van der Waals surface area contributed by atoms with Gasteiger partial charge in [0.1, 0.15) is 11.5 Å². The zero-order valence-electron chi connectivity index (χ0n) is 9.79. The molecule has 1 aromatic rings. The van der Waals surface area contributed by atoms with Crippen LogP contribution >= 0.6 is 0 Å². The van der Waals surface area contributed by atoms with E-state index in [1.165, 1.54) is 19.9 Å². The van der Waals surface area contributed by atoms with Crippen molar-refractivity contribution in [2.24, 2.45) is 0 Å². The van der Waals surface area contributed by atoms with Gasteiger partial charge in [-0.15, -0.1) is 0 Å². The summed E-state index contributed by atoms with van der Waals surface area (Å²) in [5.74, 6) is -1.32. The molecule has 1 aromatic carbocycles. The minimum Gasteiger partial charge on any atom is -0.507 e. The maximum absolute atomic E-state index is 12.0. The Morgan fingerprint density at radius 3 is 1.88 bits per heavy atom. The van der Waals surface area contributed by atoms with Crippen molar-refractivity contribution in [2.75, 3.05) is 0 Å². The van der Waals surface area contributed by atoms with Crippen molar-refractivity contribution in [3.05, 3.63) is 33.9 Å². The van der Waals surface area contributed by atoms with Gasteiger partial charge in [0.05, 0.1) is 11.1 Å². The molecule has 2 rings (SSSR count). The van der Waals surface area contributed by atoms with Gasteiger partial charge in [-0.05, 0) is 32.4 Å². The van der Waals surface area contributed by atoms with Crippen LogP contribution in [0.2, 0.25) is 0 Å². The van der Waals surface area contributed by atoms with Crippen molar-refractivity contribution < 1.29 is 19.8 Å². The van der Waals surface area contributed by atoms with E-state index in [0.29, 0.717) is 16.7 Å². The van der Waals surface area contributed by atoms with Gasteiger partial charge in [0.25, 0.3) is 0 Å². The highest BCUT2D eigenvalue weighted by molar-refractivity contribution is 6.28. The Morgan fingerprint density at radius 2 is 1.35 bits per heavy atom. The number of phenolic OH excluding ortho intramolecular Hbond substituents is 2. The average Bonchev–Trinajstić information content (AvgIpc) is 2.28. The van der Waals surface area contributed by atoms with Crippen LogP contribution in [-0.4, -0.2) is 21.8 Å². The van der Waals surface area contributed by atoms with E-state index in [1.54, 1.807) is 6.92 Å². The second-order valence-electron chi connectivity index (χ2n) is 4.22. The summed E-state index contributed by atoms with van der Waals surface area (Å²) in [6.07, 6.45) is 0. The normalized spacial score (nSPS) is 15.2. The highest BCUT2D eigenvalue weighted by Crippen LogP contribution is 2.38. The van der Waals surface area contributed by atoms with Gasteiger partial charge in [-0.1, -0.05) is 0 Å². The Balaban J connectivity index is 2.90. The summed E-state index contributed by atoms with van der Waals surface area (Å²) >= 11 is 0. The molecule has 0 heterocycles. The summed E-state index contributed by atoms with van der Waals surface area (Å²) in [5, 5.41) is 19.6. The predicted octanol–water partition coefficient (Wildman–Crippen LogP) is 2.12. The van der Waals surface area contributed by atoms with Crippen LogP contribution in [0.1, 0.15) is 40.1 Å². The summed E-state index contributed by atoms with van der Waals surface area (Å²) in [6.45, 7) is 4.64. The van der Waals surface area contributed by atoms with Gasteiger partial charge < -0.3 is 10.2 Å². The lowest BCUT2D eigenvalue weighted by atomic mass is 9.83. The van der Waals surface area contributed by atoms with Gasteiger partial charge in [-0.3, -0.25) is 9.59 Å². The third-order valence-electron chi connectivity index (χ3n) is 3.17. The van der Waals surface area contributed by atoms with Gasteiger partial charge in [-0.2, -0.15) is 0 Å². The molecule has 0 saturated carbocycles. The predicted molar refractivity (Wildman–Crippen MR) is 61.5 cm³/mol. The highest BCUT2D eigenvalue weighted by Gasteiger charge is 2.33. The lowest BCUT2D eigenvalue weighted by Crippen LogP contribution is -2.20. The number of ketones is 2. The van der Waals surface area contributed by atoms with Gasteiger partial charge >= 0.3 is 0 Å². The molecule has 0 aromatic heterocycles. The number of fused-ring (bicyclic) bond motifs is 1. The van der Waals surface area contributed by atoms with E-state index >= 15 is 0 Å². The molecule has 0 radical (unpaired) electrons. The second kappa shape index (κ2) is 3.45. The largest absolute Gasteiger partial charge is 0.507 e. The molecule has 4 heteroatoms. The van der Waals surface area contributed by atoms with E-state index in [1.807, 2.05) is 0 Å². The number of rotatable bonds is 0. The number of carbonyl (C=O) groups is 2. The standard InChI is InChI=1S/C13H12O4/c1-5-4-8(14)9-10(11(5)15)13(17)7(3)6(2)12(9)16/h4,14-15H,1-3H3. The van der Waals surface area contributed by atoms with Crippen LogP contribution in [0.15, 0.2) is 17.2 Å². The molecule has 0 unspecified atom stereocenters. The molecule has 1 aliphatic rings. The SMILES string of the molecule is CC1=C(C)C(=O)c2c(O)c(C)cc(O)c2C1=O. The van der Waals surface area contributed by atoms with Crippen LogP contribution in [-0.2, 0) is 0 Å². The summed E-state index contributed by atoms with van der Waals surface area (Å²) in [5.41, 5.74) is 0.801. The fraction of sp³-hybridized carbons (Fsp3) is 0.231. The first-order chi connectivity index (χ1) is 7.86. The van der Waals surface area contributed by atoms with E-state index in [9.17, 15) is 19.8 Å². The van der Waals surface area contributed by atoms with E-state index in [2.05, 4.69) is 0 Å². The first kappa shape index (κ1) is 11.4. The smallest absolute Gasteiger partial charge is 0.193 e. The molecule has 0 saturated heterocycles. The summed E-state index contributed by atoms with van der Waals surface area (Å²) in [7, 11) is 0. The fourth-order valence-electron chi connectivity index (χ4n) is 1.96. The molecule has 17 heavy (non-hydrogen) atoms. The van der Waals surface area contributed by atoms with Gasteiger partial charge in [-0.25, -0.2) is 0 Å². The zero-order chi connectivity index (χ0) is 12.9. The zero-order valence-corrected chi connectivity index (χ0v) is 9.79. The maximum Gasteiger partial charge on any atom is 0.193 e. The van der Waals surface area contributed by atoms with Crippen molar-refractivity contribution in [3.8, 4) is 11.5 Å². The van der Waals surface area contributed by atoms with E-state index in [-0.39, 0.29) is 22.6 Å². The van der Waals surface area contributed by atoms with Gasteiger partial charge in [0.15, 0.2) is 11.6 Å². The molecular formula is C13H12O4. The van der Waals surface area contributed by atoms with Crippen molar-refractivity contribution in [1.82, 2.24) is 0 Å². The molecule has 2 N–H and O–H groups in total.